The summed E-state index contributed by atoms with van der Waals surface area (Å²) in [5.41, 5.74) is 9.34. The van der Waals surface area contributed by atoms with Crippen LogP contribution < -0.4 is 4.72 Å². The van der Waals surface area contributed by atoms with Crippen molar-refractivity contribution in [2.75, 3.05) is 17.2 Å². The Balaban J connectivity index is 0.000000175. The van der Waals surface area contributed by atoms with Gasteiger partial charge in [-0.1, -0.05) is 31.2 Å². The zero-order chi connectivity index (χ0) is 39.2. The van der Waals surface area contributed by atoms with Gasteiger partial charge in [0.1, 0.15) is 17.5 Å². The molecule has 8 aromatic rings. The van der Waals surface area contributed by atoms with Gasteiger partial charge in [-0.3, -0.25) is 18.9 Å². The fourth-order valence-corrected chi connectivity index (χ4v) is 7.93. The van der Waals surface area contributed by atoms with Crippen LogP contribution in [0, 0.1) is 5.82 Å². The standard InChI is InChI=1S/C22H20N4O3S2.C20H16FN3S/c1-30(27)19-8-6-16(7-9-19)22-24-20(15-10-12-23-13-11-15)21(25-22)17-4-3-5-18(14-17)26-31(2,28)29;1-2-13-11-17(25-12-13)20-23-18(14-3-5-16(21)6-4-14)19(24-20)15-7-9-22-10-8-15/h3-14,26H,1-2H3,(H,24,25);3-12H,2H2,1H3,(H,23,24). The number of halogens is 1. The molecule has 0 radical (unpaired) electrons. The highest BCUT2D eigenvalue weighted by Crippen LogP contribution is 2.36. The third kappa shape index (κ3) is 9.05. The van der Waals surface area contributed by atoms with Crippen LogP contribution in [0.4, 0.5) is 10.1 Å². The van der Waals surface area contributed by atoms with Gasteiger partial charge in [-0.25, -0.2) is 22.8 Å². The van der Waals surface area contributed by atoms with Gasteiger partial charge >= 0.3 is 0 Å². The Hall–Kier alpha value is -6.09. The highest BCUT2D eigenvalue weighted by molar-refractivity contribution is 7.92. The van der Waals surface area contributed by atoms with Gasteiger partial charge in [-0.2, -0.15) is 0 Å². The summed E-state index contributed by atoms with van der Waals surface area (Å²) >= 11 is 1.68. The van der Waals surface area contributed by atoms with E-state index in [0.717, 1.165) is 73.2 Å². The minimum atomic E-state index is -3.40. The second-order valence-corrected chi connectivity index (χ2v) is 16.7. The summed E-state index contributed by atoms with van der Waals surface area (Å²) in [6.45, 7) is 2.14. The highest BCUT2D eigenvalue weighted by Gasteiger charge is 2.18. The second-order valence-electron chi connectivity index (χ2n) is 12.7. The smallest absolute Gasteiger partial charge is 0.229 e. The van der Waals surface area contributed by atoms with E-state index in [1.807, 2.05) is 54.6 Å². The van der Waals surface area contributed by atoms with Crippen LogP contribution in [-0.2, 0) is 27.2 Å². The lowest BCUT2D eigenvalue weighted by Crippen LogP contribution is -2.09. The van der Waals surface area contributed by atoms with Crippen LogP contribution in [-0.4, -0.2) is 55.0 Å². The van der Waals surface area contributed by atoms with Gasteiger partial charge in [0, 0.05) is 80.2 Å². The summed E-state index contributed by atoms with van der Waals surface area (Å²) in [5, 5.41) is 2.15. The van der Waals surface area contributed by atoms with Crippen LogP contribution >= 0.6 is 11.3 Å². The minimum Gasteiger partial charge on any atom is -0.337 e. The lowest BCUT2D eigenvalue weighted by Gasteiger charge is -2.07. The molecule has 0 saturated heterocycles. The number of imidazole rings is 2. The second kappa shape index (κ2) is 16.7. The van der Waals surface area contributed by atoms with E-state index in [4.69, 9.17) is 9.97 Å². The van der Waals surface area contributed by atoms with Crippen LogP contribution in [0.15, 0.2) is 138 Å². The molecular formula is C42H36FN7O3S3. The van der Waals surface area contributed by atoms with Gasteiger partial charge in [-0.15, -0.1) is 11.3 Å². The molecule has 3 aromatic carbocycles. The number of thiophene rings is 1. The van der Waals surface area contributed by atoms with E-state index in [1.165, 1.54) is 17.7 Å². The number of aromatic nitrogens is 6. The van der Waals surface area contributed by atoms with Crippen molar-refractivity contribution in [1.29, 1.82) is 0 Å². The molecule has 5 heterocycles. The maximum atomic E-state index is 13.3. The van der Waals surface area contributed by atoms with Crippen molar-refractivity contribution in [3.63, 3.8) is 0 Å². The molecule has 1 atom stereocenters. The molecule has 8 rings (SSSR count). The number of nitrogens with one attached hydrogen (secondary N) is 3. The summed E-state index contributed by atoms with van der Waals surface area (Å²) in [7, 11) is -4.46. The van der Waals surface area contributed by atoms with Crippen molar-refractivity contribution in [3.05, 3.63) is 145 Å². The molecule has 56 heavy (non-hydrogen) atoms. The number of benzene rings is 3. The molecule has 5 aromatic heterocycles. The van der Waals surface area contributed by atoms with Crippen LogP contribution in [0.3, 0.4) is 0 Å². The molecule has 10 nitrogen and oxygen atoms in total. The molecule has 0 aliphatic rings. The lowest BCUT2D eigenvalue weighted by molar-refractivity contribution is 0.606. The number of H-pyrrole nitrogens is 2. The number of aryl methyl sites for hydroxylation is 1. The number of nitrogens with zero attached hydrogens (tertiary/aromatic N) is 4. The predicted molar refractivity (Wildman–Crippen MR) is 223 cm³/mol. The Labute approximate surface area is 330 Å². The molecule has 0 amide bonds. The summed E-state index contributed by atoms with van der Waals surface area (Å²) in [6, 6.07) is 30.7. The number of rotatable bonds is 10. The largest absolute Gasteiger partial charge is 0.337 e. The van der Waals surface area contributed by atoms with E-state index < -0.39 is 20.8 Å². The van der Waals surface area contributed by atoms with Gasteiger partial charge in [0.15, 0.2) is 0 Å². The molecule has 0 aliphatic heterocycles. The number of hydrogen-bond acceptors (Lipinski definition) is 8. The van der Waals surface area contributed by atoms with Gasteiger partial charge in [0.2, 0.25) is 10.0 Å². The number of pyridine rings is 2. The quantitative estimate of drug-likeness (QED) is 0.125. The lowest BCUT2D eigenvalue weighted by atomic mass is 10.1. The third-order valence-corrected chi connectivity index (χ3v) is 11.2. The Kier molecular flexibility index (Phi) is 11.4. The number of sulfonamides is 1. The molecule has 0 saturated carbocycles. The first-order valence-corrected chi connectivity index (χ1v) is 21.7. The fourth-order valence-electron chi connectivity index (χ4n) is 5.91. The summed E-state index contributed by atoms with van der Waals surface area (Å²) < 4.78 is 50.8. The van der Waals surface area contributed by atoms with E-state index in [0.29, 0.717) is 17.2 Å². The predicted octanol–water partition coefficient (Wildman–Crippen LogP) is 9.48. The van der Waals surface area contributed by atoms with E-state index in [1.54, 1.807) is 72.7 Å². The minimum absolute atomic E-state index is 0.254. The van der Waals surface area contributed by atoms with Crippen molar-refractivity contribution in [2.45, 2.75) is 18.2 Å². The first-order valence-electron chi connectivity index (χ1n) is 17.4. The highest BCUT2D eigenvalue weighted by atomic mass is 32.2. The van der Waals surface area contributed by atoms with E-state index in [-0.39, 0.29) is 5.82 Å². The van der Waals surface area contributed by atoms with Crippen molar-refractivity contribution in [3.8, 4) is 67.1 Å². The van der Waals surface area contributed by atoms with E-state index in [9.17, 15) is 17.0 Å². The fraction of sp³-hybridized carbons (Fsp3) is 0.0952. The molecule has 0 bridgehead atoms. The van der Waals surface area contributed by atoms with Gasteiger partial charge in [0.05, 0.1) is 33.9 Å². The third-order valence-electron chi connectivity index (χ3n) is 8.66. The summed E-state index contributed by atoms with van der Waals surface area (Å²) in [6.07, 6.45) is 10.7. The first-order chi connectivity index (χ1) is 27.0. The average molecular weight is 802 g/mol. The van der Waals surface area contributed by atoms with Crippen molar-refractivity contribution < 1.29 is 17.0 Å². The molecule has 282 valence electrons. The van der Waals surface area contributed by atoms with E-state index in [2.05, 4.69) is 43.0 Å². The SMILES string of the molecule is CCc1csc(-c2nc(-c3ccc(F)cc3)c(-c3ccncc3)[nH]2)c1.CS(=O)c1ccc(-c2nc(-c3cccc(NS(C)(=O)=O)c3)c(-c3ccncc3)[nH]2)cc1. The van der Waals surface area contributed by atoms with E-state index >= 15 is 0 Å². The van der Waals surface area contributed by atoms with Gasteiger partial charge in [0.25, 0.3) is 0 Å². The summed E-state index contributed by atoms with van der Waals surface area (Å²) in [5.74, 6) is 1.23. The van der Waals surface area contributed by atoms with Gasteiger partial charge < -0.3 is 9.97 Å². The number of aromatic amines is 2. The van der Waals surface area contributed by atoms with Crippen molar-refractivity contribution in [2.24, 2.45) is 0 Å². The normalized spacial score (nSPS) is 11.8. The summed E-state index contributed by atoms with van der Waals surface area (Å²) in [4.78, 5) is 26.4. The number of anilines is 1. The molecule has 14 heteroatoms. The maximum Gasteiger partial charge on any atom is 0.229 e. The molecule has 1 unspecified atom stereocenters. The zero-order valence-electron chi connectivity index (χ0n) is 30.5. The van der Waals surface area contributed by atoms with Gasteiger partial charge in [-0.05, 0) is 96.2 Å². The molecule has 0 spiro atoms. The molecular weight excluding hydrogens is 766 g/mol. The Morgan fingerprint density at radius 2 is 1.29 bits per heavy atom. The van der Waals surface area contributed by atoms with Crippen LogP contribution in [0.25, 0.3) is 67.1 Å². The zero-order valence-corrected chi connectivity index (χ0v) is 33.0. The van der Waals surface area contributed by atoms with Crippen LogP contribution in [0.1, 0.15) is 12.5 Å². The van der Waals surface area contributed by atoms with Crippen molar-refractivity contribution >= 4 is 37.8 Å². The molecule has 3 N–H and O–H groups in total. The topological polar surface area (TPSA) is 146 Å². The Bertz CT molecular complexity index is 2710. The maximum absolute atomic E-state index is 13.3. The van der Waals surface area contributed by atoms with Crippen LogP contribution in [0.2, 0.25) is 0 Å². The Morgan fingerprint density at radius 3 is 1.86 bits per heavy atom. The number of hydrogen-bond donors (Lipinski definition) is 3. The van der Waals surface area contributed by atoms with Crippen LogP contribution in [0.5, 0.6) is 0 Å². The molecule has 0 fully saturated rings. The van der Waals surface area contributed by atoms with Crippen molar-refractivity contribution in [1.82, 2.24) is 29.9 Å². The Morgan fingerprint density at radius 1 is 0.714 bits per heavy atom. The molecule has 0 aliphatic carbocycles. The first kappa shape index (κ1) is 38.2. The average Bonchev–Trinajstić information content (AvgIpc) is 3.98. The monoisotopic (exact) mass is 801 g/mol.